The van der Waals surface area contributed by atoms with Gasteiger partial charge in [0, 0.05) is 22.8 Å². The summed E-state index contributed by atoms with van der Waals surface area (Å²) in [5.74, 6) is 0.317. The van der Waals surface area contributed by atoms with Crippen molar-refractivity contribution in [2.24, 2.45) is 0 Å². The van der Waals surface area contributed by atoms with Crippen LogP contribution in [0.1, 0.15) is 15.9 Å². The topological polar surface area (TPSA) is 46.9 Å². The summed E-state index contributed by atoms with van der Waals surface area (Å²) in [6.07, 6.45) is 1.84. The van der Waals surface area contributed by atoms with Crippen LogP contribution < -0.4 is 5.32 Å². The van der Waals surface area contributed by atoms with Gasteiger partial charge in [-0.3, -0.25) is 9.48 Å². The maximum atomic E-state index is 12.1. The molecule has 0 bridgehead atoms. The molecule has 0 fully saturated rings. The lowest BCUT2D eigenvalue weighted by molar-refractivity contribution is 0.102. The van der Waals surface area contributed by atoms with E-state index in [1.807, 2.05) is 36.5 Å². The molecule has 1 N–H and O–H groups in total. The van der Waals surface area contributed by atoms with Gasteiger partial charge in [0.15, 0.2) is 5.82 Å². The quantitative estimate of drug-likeness (QED) is 0.796. The summed E-state index contributed by atoms with van der Waals surface area (Å²) in [6, 6.07) is 18.5. The number of amides is 1. The van der Waals surface area contributed by atoms with Crippen LogP contribution in [0.5, 0.6) is 0 Å². The minimum absolute atomic E-state index is 0.207. The van der Waals surface area contributed by atoms with Gasteiger partial charge < -0.3 is 5.32 Å². The van der Waals surface area contributed by atoms with E-state index >= 15 is 0 Å². The third kappa shape index (κ3) is 3.54. The standard InChI is InChI=1S/C17H14ClN3O/c18-15-8-6-14(7-9-15)17(22)19-16-10-11-21(20-16)12-13-4-2-1-3-5-13/h1-11H,12H2,(H,19,20,22). The molecule has 0 atom stereocenters. The van der Waals surface area contributed by atoms with Crippen molar-refractivity contribution in [1.29, 1.82) is 0 Å². The van der Waals surface area contributed by atoms with Crippen molar-refractivity contribution in [1.82, 2.24) is 9.78 Å². The van der Waals surface area contributed by atoms with Gasteiger partial charge in [0.25, 0.3) is 5.91 Å². The van der Waals surface area contributed by atoms with E-state index in [1.54, 1.807) is 35.0 Å². The highest BCUT2D eigenvalue weighted by Gasteiger charge is 2.08. The average Bonchev–Trinajstić information content (AvgIpc) is 2.96. The summed E-state index contributed by atoms with van der Waals surface area (Å²) in [5, 5.41) is 7.72. The minimum atomic E-state index is -0.207. The number of hydrogen-bond acceptors (Lipinski definition) is 2. The molecule has 110 valence electrons. The van der Waals surface area contributed by atoms with Gasteiger partial charge in [-0.1, -0.05) is 41.9 Å². The van der Waals surface area contributed by atoms with Crippen LogP contribution in [0.3, 0.4) is 0 Å². The molecule has 2 aromatic carbocycles. The molecule has 1 heterocycles. The Labute approximate surface area is 133 Å². The van der Waals surface area contributed by atoms with Gasteiger partial charge in [-0.25, -0.2) is 0 Å². The van der Waals surface area contributed by atoms with E-state index in [4.69, 9.17) is 11.6 Å². The van der Waals surface area contributed by atoms with Crippen LogP contribution >= 0.6 is 11.6 Å². The third-order valence-corrected chi connectivity index (χ3v) is 3.43. The molecule has 1 aromatic heterocycles. The van der Waals surface area contributed by atoms with Crippen LogP contribution in [0, 0.1) is 0 Å². The van der Waals surface area contributed by atoms with Crippen LogP contribution in [-0.4, -0.2) is 15.7 Å². The number of nitrogens with zero attached hydrogens (tertiary/aromatic N) is 2. The number of nitrogens with one attached hydrogen (secondary N) is 1. The number of benzene rings is 2. The van der Waals surface area contributed by atoms with E-state index in [0.717, 1.165) is 5.56 Å². The van der Waals surface area contributed by atoms with Gasteiger partial charge in [0.1, 0.15) is 0 Å². The maximum absolute atomic E-state index is 12.1. The van der Waals surface area contributed by atoms with Crippen molar-refractivity contribution in [2.45, 2.75) is 6.54 Å². The molecule has 0 unspecified atom stereocenters. The SMILES string of the molecule is O=C(Nc1ccn(Cc2ccccc2)n1)c1ccc(Cl)cc1. The Kier molecular flexibility index (Phi) is 4.21. The molecule has 0 spiro atoms. The molecule has 0 saturated carbocycles. The fourth-order valence-electron chi connectivity index (χ4n) is 2.08. The summed E-state index contributed by atoms with van der Waals surface area (Å²) in [5.41, 5.74) is 1.70. The van der Waals surface area contributed by atoms with Crippen LogP contribution in [-0.2, 0) is 6.54 Å². The van der Waals surface area contributed by atoms with Gasteiger partial charge >= 0.3 is 0 Å². The number of carbonyl (C=O) groups is 1. The zero-order chi connectivity index (χ0) is 15.4. The Morgan fingerprint density at radius 2 is 1.77 bits per heavy atom. The second kappa shape index (κ2) is 6.45. The van der Waals surface area contributed by atoms with Crippen molar-refractivity contribution >= 4 is 23.3 Å². The maximum Gasteiger partial charge on any atom is 0.256 e. The monoisotopic (exact) mass is 311 g/mol. The van der Waals surface area contributed by atoms with E-state index in [-0.39, 0.29) is 5.91 Å². The number of carbonyl (C=O) groups excluding carboxylic acids is 1. The predicted molar refractivity (Wildman–Crippen MR) is 87.2 cm³/mol. The molecule has 0 saturated heterocycles. The lowest BCUT2D eigenvalue weighted by Crippen LogP contribution is -2.12. The molecule has 0 radical (unpaired) electrons. The lowest BCUT2D eigenvalue weighted by atomic mass is 10.2. The van der Waals surface area contributed by atoms with Gasteiger partial charge in [-0.15, -0.1) is 0 Å². The van der Waals surface area contributed by atoms with Crippen LogP contribution in [0.2, 0.25) is 5.02 Å². The average molecular weight is 312 g/mol. The van der Waals surface area contributed by atoms with Crippen molar-refractivity contribution in [3.8, 4) is 0 Å². The molecule has 0 aliphatic heterocycles. The number of halogens is 1. The largest absolute Gasteiger partial charge is 0.305 e. The highest BCUT2D eigenvalue weighted by Crippen LogP contribution is 2.12. The third-order valence-electron chi connectivity index (χ3n) is 3.18. The molecule has 1 amide bonds. The summed E-state index contributed by atoms with van der Waals surface area (Å²) < 4.78 is 1.78. The zero-order valence-corrected chi connectivity index (χ0v) is 12.5. The summed E-state index contributed by atoms with van der Waals surface area (Å²) >= 11 is 5.81. The van der Waals surface area contributed by atoms with Crippen molar-refractivity contribution in [3.63, 3.8) is 0 Å². The van der Waals surface area contributed by atoms with Gasteiger partial charge in [0.2, 0.25) is 0 Å². The van der Waals surface area contributed by atoms with Gasteiger partial charge in [0.05, 0.1) is 6.54 Å². The molecule has 0 aliphatic rings. The van der Waals surface area contributed by atoms with Crippen LogP contribution in [0.15, 0.2) is 66.9 Å². The van der Waals surface area contributed by atoms with E-state index in [0.29, 0.717) is 22.9 Å². The van der Waals surface area contributed by atoms with E-state index in [2.05, 4.69) is 10.4 Å². The summed E-state index contributed by atoms with van der Waals surface area (Å²) in [4.78, 5) is 12.1. The fraction of sp³-hybridized carbons (Fsp3) is 0.0588. The zero-order valence-electron chi connectivity index (χ0n) is 11.7. The van der Waals surface area contributed by atoms with Crippen molar-refractivity contribution < 1.29 is 4.79 Å². The Morgan fingerprint density at radius 1 is 1.05 bits per heavy atom. The molecule has 3 aromatic rings. The number of hydrogen-bond donors (Lipinski definition) is 1. The van der Waals surface area contributed by atoms with E-state index < -0.39 is 0 Å². The predicted octanol–water partition coefficient (Wildman–Crippen LogP) is 3.84. The van der Waals surface area contributed by atoms with Crippen molar-refractivity contribution in [2.75, 3.05) is 5.32 Å². The van der Waals surface area contributed by atoms with Crippen LogP contribution in [0.4, 0.5) is 5.82 Å². The molecular formula is C17H14ClN3O. The summed E-state index contributed by atoms with van der Waals surface area (Å²) in [7, 11) is 0. The van der Waals surface area contributed by atoms with Gasteiger partial charge in [-0.2, -0.15) is 5.10 Å². The number of anilines is 1. The number of rotatable bonds is 4. The Morgan fingerprint density at radius 3 is 2.50 bits per heavy atom. The summed E-state index contributed by atoms with van der Waals surface area (Å²) in [6.45, 7) is 0.664. The smallest absolute Gasteiger partial charge is 0.256 e. The lowest BCUT2D eigenvalue weighted by Gasteiger charge is -2.03. The van der Waals surface area contributed by atoms with Crippen LogP contribution in [0.25, 0.3) is 0 Å². The highest BCUT2D eigenvalue weighted by atomic mass is 35.5. The second-order valence-electron chi connectivity index (χ2n) is 4.85. The first kappa shape index (κ1) is 14.4. The molecular weight excluding hydrogens is 298 g/mol. The second-order valence-corrected chi connectivity index (χ2v) is 5.28. The molecule has 5 heteroatoms. The van der Waals surface area contributed by atoms with Gasteiger partial charge in [-0.05, 0) is 29.8 Å². The minimum Gasteiger partial charge on any atom is -0.305 e. The Balaban J connectivity index is 1.66. The molecule has 3 rings (SSSR count). The fourth-order valence-corrected chi connectivity index (χ4v) is 2.20. The first-order chi connectivity index (χ1) is 10.7. The van der Waals surface area contributed by atoms with E-state index in [9.17, 15) is 4.79 Å². The molecule has 0 aliphatic carbocycles. The normalized spacial score (nSPS) is 10.4. The van der Waals surface area contributed by atoms with E-state index in [1.165, 1.54) is 0 Å². The Bertz CT molecular complexity index is 766. The number of aromatic nitrogens is 2. The van der Waals surface area contributed by atoms with Crippen molar-refractivity contribution in [3.05, 3.63) is 83.0 Å². The molecule has 22 heavy (non-hydrogen) atoms. The first-order valence-corrected chi connectivity index (χ1v) is 7.23. The molecule has 4 nitrogen and oxygen atoms in total. The first-order valence-electron chi connectivity index (χ1n) is 6.85. The highest BCUT2D eigenvalue weighted by molar-refractivity contribution is 6.30. The Hall–Kier alpha value is -2.59.